The minimum atomic E-state index is -0.178. The fraction of sp³-hybridized carbons (Fsp3) is 0.533. The van der Waals surface area contributed by atoms with Crippen molar-refractivity contribution in [2.45, 2.75) is 52.0 Å². The Kier molecular flexibility index (Phi) is 9.84. The monoisotopic (exact) mass is 554 g/mol. The van der Waals surface area contributed by atoms with Crippen molar-refractivity contribution >= 4 is 12.1 Å². The first kappa shape index (κ1) is 29.2. The summed E-state index contributed by atoms with van der Waals surface area (Å²) in [6, 6.07) is 3.68. The van der Waals surface area contributed by atoms with E-state index in [0.29, 0.717) is 69.9 Å². The number of benzene rings is 1. The average Bonchev–Trinajstić information content (AvgIpc) is 3.17. The summed E-state index contributed by atoms with van der Waals surface area (Å²) >= 11 is 0. The van der Waals surface area contributed by atoms with Crippen LogP contribution >= 0.6 is 0 Å². The molecule has 0 spiro atoms. The molecule has 10 nitrogen and oxygen atoms in total. The number of urea groups is 2. The SMILES string of the molecule is CCN1CCCN(C(=O)NC2=C(OC)CCC(OC)=C2)CCCC2=CCc3c(cc(OC)cc3OC)CN2C1=O. The Morgan fingerprint density at radius 3 is 2.45 bits per heavy atom. The summed E-state index contributed by atoms with van der Waals surface area (Å²) in [5, 5.41) is 3.04. The third-order valence-electron chi connectivity index (χ3n) is 7.79. The van der Waals surface area contributed by atoms with Gasteiger partial charge in [0.05, 0.1) is 46.4 Å². The topological polar surface area (TPSA) is 92.8 Å². The van der Waals surface area contributed by atoms with Crippen LogP contribution in [0, 0.1) is 0 Å². The average molecular weight is 555 g/mol. The van der Waals surface area contributed by atoms with Gasteiger partial charge in [0.15, 0.2) is 0 Å². The molecule has 1 aromatic carbocycles. The van der Waals surface area contributed by atoms with Crippen molar-refractivity contribution in [2.75, 3.05) is 54.6 Å². The highest BCUT2D eigenvalue weighted by Gasteiger charge is 2.29. The van der Waals surface area contributed by atoms with Crippen molar-refractivity contribution < 1.29 is 28.5 Å². The van der Waals surface area contributed by atoms with Crippen molar-refractivity contribution in [2.24, 2.45) is 0 Å². The zero-order valence-electron chi connectivity index (χ0n) is 24.4. The van der Waals surface area contributed by atoms with Crippen LogP contribution in [0.1, 0.15) is 50.2 Å². The molecule has 0 atom stereocenters. The molecule has 2 heterocycles. The van der Waals surface area contributed by atoms with Gasteiger partial charge in [-0.3, -0.25) is 4.90 Å². The van der Waals surface area contributed by atoms with Gasteiger partial charge in [-0.05, 0) is 44.2 Å². The lowest BCUT2D eigenvalue weighted by Crippen LogP contribution is -2.44. The maximum Gasteiger partial charge on any atom is 0.324 e. The molecule has 2 aliphatic heterocycles. The van der Waals surface area contributed by atoms with Crippen molar-refractivity contribution in [3.8, 4) is 11.5 Å². The van der Waals surface area contributed by atoms with E-state index in [1.165, 1.54) is 0 Å². The van der Waals surface area contributed by atoms with Crippen LogP contribution < -0.4 is 14.8 Å². The number of carbonyl (C=O) groups is 2. The lowest BCUT2D eigenvalue weighted by Gasteiger charge is -2.31. The number of nitrogens with zero attached hydrogens (tertiary/aromatic N) is 3. The lowest BCUT2D eigenvalue weighted by atomic mass is 10.0. The van der Waals surface area contributed by atoms with Gasteiger partial charge in [-0.15, -0.1) is 0 Å². The molecule has 1 aliphatic carbocycles. The second kappa shape index (κ2) is 13.5. The highest BCUT2D eigenvalue weighted by molar-refractivity contribution is 5.78. The minimum Gasteiger partial charge on any atom is -0.501 e. The maximum atomic E-state index is 13.8. The van der Waals surface area contributed by atoms with Crippen LogP contribution in [0.3, 0.4) is 0 Å². The molecular weight excluding hydrogens is 512 g/mol. The van der Waals surface area contributed by atoms with Crippen LogP contribution in [-0.2, 0) is 22.4 Å². The summed E-state index contributed by atoms with van der Waals surface area (Å²) in [6.07, 6.45) is 8.08. The number of methoxy groups -OCH3 is 4. The number of rotatable bonds is 6. The van der Waals surface area contributed by atoms with Gasteiger partial charge in [0.1, 0.15) is 17.3 Å². The van der Waals surface area contributed by atoms with Gasteiger partial charge in [0.2, 0.25) is 0 Å². The number of ether oxygens (including phenoxy) is 4. The van der Waals surface area contributed by atoms with Gasteiger partial charge in [0.25, 0.3) is 0 Å². The van der Waals surface area contributed by atoms with Crippen LogP contribution in [-0.4, -0.2) is 81.4 Å². The van der Waals surface area contributed by atoms with Gasteiger partial charge in [-0.1, -0.05) is 6.08 Å². The van der Waals surface area contributed by atoms with E-state index in [1.54, 1.807) is 28.4 Å². The standard InChI is InChI=1S/C30H42N4O6/c1-6-32-15-8-16-33(29(35)31-26-18-23(37-2)11-13-27(26)39-4)14-7-9-22-10-12-25-21(20-34(22)30(32)36)17-24(38-3)19-28(25)40-5/h10,17-19H,6-9,11-16,20H2,1-5H3,(H,31,35). The second-order valence-corrected chi connectivity index (χ2v) is 10.0. The lowest BCUT2D eigenvalue weighted by molar-refractivity contribution is 0.163. The van der Waals surface area contributed by atoms with E-state index >= 15 is 0 Å². The first-order chi connectivity index (χ1) is 19.4. The van der Waals surface area contributed by atoms with E-state index < -0.39 is 0 Å². The number of carbonyl (C=O) groups excluding carboxylic acids is 2. The number of allylic oxidation sites excluding steroid dienone is 5. The summed E-state index contributed by atoms with van der Waals surface area (Å²) in [4.78, 5) is 32.8. The van der Waals surface area contributed by atoms with Gasteiger partial charge in [0, 0.05) is 62.4 Å². The number of nitrogens with one attached hydrogen (secondary N) is 1. The molecule has 1 N–H and O–H groups in total. The predicted octanol–water partition coefficient (Wildman–Crippen LogP) is 4.77. The van der Waals surface area contributed by atoms with Gasteiger partial charge in [-0.25, -0.2) is 9.59 Å². The van der Waals surface area contributed by atoms with E-state index in [0.717, 1.165) is 46.9 Å². The molecule has 1 aromatic rings. The molecule has 10 heteroatoms. The molecule has 40 heavy (non-hydrogen) atoms. The van der Waals surface area contributed by atoms with E-state index in [4.69, 9.17) is 18.9 Å². The Bertz CT molecular complexity index is 1190. The van der Waals surface area contributed by atoms with Crippen molar-refractivity contribution in [1.29, 1.82) is 0 Å². The van der Waals surface area contributed by atoms with Gasteiger partial charge < -0.3 is 34.1 Å². The fourth-order valence-corrected chi connectivity index (χ4v) is 5.51. The predicted molar refractivity (Wildman–Crippen MR) is 152 cm³/mol. The third-order valence-corrected chi connectivity index (χ3v) is 7.79. The number of hydrogen-bond donors (Lipinski definition) is 1. The quantitative estimate of drug-likeness (QED) is 0.545. The largest absolute Gasteiger partial charge is 0.501 e. The Morgan fingerprint density at radius 2 is 1.75 bits per heavy atom. The van der Waals surface area contributed by atoms with E-state index in [-0.39, 0.29) is 12.1 Å². The van der Waals surface area contributed by atoms with Crippen molar-refractivity contribution in [3.05, 3.63) is 58.3 Å². The zero-order valence-corrected chi connectivity index (χ0v) is 24.4. The Balaban J connectivity index is 1.56. The number of fused-ring (bicyclic) bond motifs is 2. The number of amides is 4. The van der Waals surface area contributed by atoms with Crippen molar-refractivity contribution in [1.82, 2.24) is 20.0 Å². The van der Waals surface area contributed by atoms with E-state index in [2.05, 4.69) is 11.4 Å². The molecule has 1 fully saturated rings. The summed E-state index contributed by atoms with van der Waals surface area (Å²) in [5.41, 5.74) is 3.67. The molecule has 1 saturated heterocycles. The first-order valence-electron chi connectivity index (χ1n) is 14.0. The van der Waals surface area contributed by atoms with E-state index in [9.17, 15) is 9.59 Å². The van der Waals surface area contributed by atoms with Gasteiger partial charge >= 0.3 is 12.1 Å². The van der Waals surface area contributed by atoms with Crippen LogP contribution in [0.2, 0.25) is 0 Å². The molecule has 0 radical (unpaired) electrons. The molecular formula is C30H42N4O6. The van der Waals surface area contributed by atoms with Gasteiger partial charge in [-0.2, -0.15) is 0 Å². The maximum absolute atomic E-state index is 13.8. The number of hydrogen-bond acceptors (Lipinski definition) is 6. The summed E-state index contributed by atoms with van der Waals surface area (Å²) < 4.78 is 22.1. The summed E-state index contributed by atoms with van der Waals surface area (Å²) in [6.45, 7) is 4.68. The molecule has 3 aliphatic rings. The first-order valence-corrected chi connectivity index (χ1v) is 14.0. The molecule has 0 saturated carbocycles. The zero-order chi connectivity index (χ0) is 28.6. The van der Waals surface area contributed by atoms with Crippen molar-refractivity contribution in [3.63, 3.8) is 0 Å². The third kappa shape index (κ3) is 6.48. The molecule has 0 bridgehead atoms. The molecule has 0 unspecified atom stereocenters. The Labute approximate surface area is 237 Å². The second-order valence-electron chi connectivity index (χ2n) is 10.0. The Hall–Kier alpha value is -3.82. The summed E-state index contributed by atoms with van der Waals surface area (Å²) in [5.74, 6) is 3.01. The molecule has 218 valence electrons. The molecule has 4 amide bonds. The van der Waals surface area contributed by atoms with E-state index in [1.807, 2.05) is 39.8 Å². The Morgan fingerprint density at radius 1 is 0.950 bits per heavy atom. The highest BCUT2D eigenvalue weighted by Crippen LogP contribution is 2.34. The highest BCUT2D eigenvalue weighted by atomic mass is 16.5. The summed E-state index contributed by atoms with van der Waals surface area (Å²) in [7, 11) is 6.54. The molecule has 0 aromatic heterocycles. The van der Waals surface area contributed by atoms with Crippen LogP contribution in [0.15, 0.2) is 47.2 Å². The van der Waals surface area contributed by atoms with Crippen LogP contribution in [0.4, 0.5) is 9.59 Å². The minimum absolute atomic E-state index is 0.0179. The smallest absolute Gasteiger partial charge is 0.324 e. The van der Waals surface area contributed by atoms with Crippen LogP contribution in [0.25, 0.3) is 0 Å². The normalized spacial score (nSPS) is 18.4. The molecule has 4 rings (SSSR count). The fourth-order valence-electron chi connectivity index (χ4n) is 5.51. The van der Waals surface area contributed by atoms with Crippen LogP contribution in [0.5, 0.6) is 11.5 Å².